The molecule has 0 saturated heterocycles. The van der Waals surface area contributed by atoms with E-state index in [0.717, 1.165) is 17.9 Å². The maximum Gasteiger partial charge on any atom is 0.0598 e. The van der Waals surface area contributed by atoms with Crippen LogP contribution in [0.3, 0.4) is 0 Å². The second kappa shape index (κ2) is 2.50. The Bertz CT molecular complexity index is 365. The van der Waals surface area contributed by atoms with E-state index < -0.39 is 0 Å². The third-order valence-electron chi connectivity index (χ3n) is 3.10. The summed E-state index contributed by atoms with van der Waals surface area (Å²) in [5.74, 6) is 0. The first-order valence-electron chi connectivity index (χ1n) is 4.80. The highest BCUT2D eigenvalue weighted by molar-refractivity contribution is 7.13. The fourth-order valence-corrected chi connectivity index (χ4v) is 4.06. The second-order valence-corrected chi connectivity index (χ2v) is 5.64. The molecule has 70 valence electrons. The van der Waals surface area contributed by atoms with Crippen molar-refractivity contribution < 1.29 is 0 Å². The average molecular weight is 214 g/mol. The molecule has 1 aromatic heterocycles. The van der Waals surface area contributed by atoms with E-state index >= 15 is 0 Å². The van der Waals surface area contributed by atoms with Crippen molar-refractivity contribution >= 4 is 22.9 Å². The van der Waals surface area contributed by atoms with Crippen LogP contribution in [0.5, 0.6) is 0 Å². The van der Waals surface area contributed by atoms with Crippen LogP contribution in [0.2, 0.25) is 5.02 Å². The van der Waals surface area contributed by atoms with Gasteiger partial charge in [-0.25, -0.2) is 0 Å². The van der Waals surface area contributed by atoms with Gasteiger partial charge in [-0.05, 0) is 37.7 Å². The van der Waals surface area contributed by atoms with E-state index in [1.807, 2.05) is 11.3 Å². The van der Waals surface area contributed by atoms with Gasteiger partial charge in [-0.2, -0.15) is 0 Å². The molecule has 2 aliphatic carbocycles. The zero-order valence-corrected chi connectivity index (χ0v) is 8.97. The standard InChI is InChI=1S/C10H12ClNS/c11-8-6-2-1-3-7(6)13-9(8)10(12)4-5-10/h1-5,12H2. The van der Waals surface area contributed by atoms with Crippen LogP contribution < -0.4 is 5.73 Å². The normalized spacial score (nSPS) is 23.2. The molecule has 0 atom stereocenters. The van der Waals surface area contributed by atoms with Crippen LogP contribution in [0.1, 0.15) is 34.6 Å². The van der Waals surface area contributed by atoms with E-state index in [0.29, 0.717) is 0 Å². The number of nitrogens with two attached hydrogens (primary N) is 1. The van der Waals surface area contributed by atoms with E-state index in [1.165, 1.54) is 34.6 Å². The van der Waals surface area contributed by atoms with Crippen molar-refractivity contribution in [2.45, 2.75) is 37.6 Å². The summed E-state index contributed by atoms with van der Waals surface area (Å²) in [7, 11) is 0. The van der Waals surface area contributed by atoms with Crippen molar-refractivity contribution in [2.24, 2.45) is 5.73 Å². The zero-order chi connectivity index (χ0) is 9.05. The minimum absolute atomic E-state index is 0.0356. The third-order valence-corrected chi connectivity index (χ3v) is 5.14. The van der Waals surface area contributed by atoms with Crippen molar-refractivity contribution in [3.05, 3.63) is 20.3 Å². The van der Waals surface area contributed by atoms with E-state index in [-0.39, 0.29) is 5.54 Å². The van der Waals surface area contributed by atoms with Gasteiger partial charge in [0.25, 0.3) is 0 Å². The van der Waals surface area contributed by atoms with Crippen molar-refractivity contribution in [1.29, 1.82) is 0 Å². The molecule has 13 heavy (non-hydrogen) atoms. The Hall–Kier alpha value is -0.0500. The maximum absolute atomic E-state index is 6.32. The summed E-state index contributed by atoms with van der Waals surface area (Å²) < 4.78 is 0. The Morgan fingerprint density at radius 1 is 1.31 bits per heavy atom. The molecule has 0 aliphatic heterocycles. The van der Waals surface area contributed by atoms with Crippen LogP contribution in [-0.2, 0) is 18.4 Å². The predicted molar refractivity (Wildman–Crippen MR) is 56.5 cm³/mol. The van der Waals surface area contributed by atoms with E-state index in [9.17, 15) is 0 Å². The quantitative estimate of drug-likeness (QED) is 0.763. The number of hydrogen-bond acceptors (Lipinski definition) is 2. The predicted octanol–water partition coefficient (Wildman–Crippen LogP) is 2.84. The van der Waals surface area contributed by atoms with E-state index in [1.54, 1.807) is 0 Å². The lowest BCUT2D eigenvalue weighted by Crippen LogP contribution is -2.17. The first-order chi connectivity index (χ1) is 6.21. The van der Waals surface area contributed by atoms with Crippen LogP contribution in [0.4, 0.5) is 0 Å². The minimum atomic E-state index is -0.0356. The minimum Gasteiger partial charge on any atom is -0.321 e. The van der Waals surface area contributed by atoms with E-state index in [2.05, 4.69) is 0 Å². The molecule has 0 radical (unpaired) electrons. The molecule has 1 aromatic rings. The number of thiophene rings is 1. The van der Waals surface area contributed by atoms with Crippen LogP contribution in [0, 0.1) is 0 Å². The molecule has 0 unspecified atom stereocenters. The molecule has 1 heterocycles. The number of rotatable bonds is 1. The van der Waals surface area contributed by atoms with Crippen LogP contribution in [0.15, 0.2) is 0 Å². The highest BCUT2D eigenvalue weighted by atomic mass is 35.5. The highest BCUT2D eigenvalue weighted by Crippen LogP contribution is 2.52. The Balaban J connectivity index is 2.12. The molecule has 2 N–H and O–H groups in total. The first-order valence-corrected chi connectivity index (χ1v) is 5.99. The van der Waals surface area contributed by atoms with Gasteiger partial charge >= 0.3 is 0 Å². The fraction of sp³-hybridized carbons (Fsp3) is 0.600. The van der Waals surface area contributed by atoms with Gasteiger partial charge in [0, 0.05) is 9.75 Å². The summed E-state index contributed by atoms with van der Waals surface area (Å²) in [6.45, 7) is 0. The molecule has 0 bridgehead atoms. The molecule has 2 aliphatic rings. The number of halogens is 1. The largest absolute Gasteiger partial charge is 0.321 e. The van der Waals surface area contributed by atoms with Gasteiger partial charge < -0.3 is 5.73 Å². The first kappa shape index (κ1) is 8.27. The molecule has 0 amide bonds. The molecule has 1 saturated carbocycles. The van der Waals surface area contributed by atoms with Crippen LogP contribution >= 0.6 is 22.9 Å². The lowest BCUT2D eigenvalue weighted by molar-refractivity contribution is 0.757. The van der Waals surface area contributed by atoms with Crippen LogP contribution in [-0.4, -0.2) is 0 Å². The average Bonchev–Trinajstić information content (AvgIpc) is 2.62. The summed E-state index contributed by atoms with van der Waals surface area (Å²) in [5.41, 5.74) is 7.52. The molecule has 0 spiro atoms. The molecule has 0 aromatic carbocycles. The topological polar surface area (TPSA) is 26.0 Å². The van der Waals surface area contributed by atoms with Gasteiger partial charge in [-0.15, -0.1) is 11.3 Å². The van der Waals surface area contributed by atoms with Crippen molar-refractivity contribution in [2.75, 3.05) is 0 Å². The Labute approximate surface area is 86.9 Å². The van der Waals surface area contributed by atoms with Crippen molar-refractivity contribution in [1.82, 2.24) is 0 Å². The lowest BCUT2D eigenvalue weighted by Gasteiger charge is -2.06. The van der Waals surface area contributed by atoms with Gasteiger partial charge in [-0.1, -0.05) is 11.6 Å². The highest BCUT2D eigenvalue weighted by Gasteiger charge is 2.44. The molecule has 3 rings (SSSR count). The second-order valence-electron chi connectivity index (χ2n) is 4.16. The van der Waals surface area contributed by atoms with Gasteiger partial charge in [-0.3, -0.25) is 0 Å². The SMILES string of the molecule is NC1(c2sc3c(c2Cl)CCC3)CC1. The summed E-state index contributed by atoms with van der Waals surface area (Å²) in [4.78, 5) is 2.76. The number of hydrogen-bond donors (Lipinski definition) is 1. The van der Waals surface area contributed by atoms with Crippen molar-refractivity contribution in [3.63, 3.8) is 0 Å². The monoisotopic (exact) mass is 213 g/mol. The molecular weight excluding hydrogens is 202 g/mol. The summed E-state index contributed by atoms with van der Waals surface area (Å²) in [5, 5.41) is 0.998. The van der Waals surface area contributed by atoms with Gasteiger partial charge in [0.15, 0.2) is 0 Å². The maximum atomic E-state index is 6.32. The summed E-state index contributed by atoms with van der Waals surface area (Å²) in [6.07, 6.45) is 5.90. The molecule has 1 fully saturated rings. The zero-order valence-electron chi connectivity index (χ0n) is 7.40. The Kier molecular flexibility index (Phi) is 1.59. The third kappa shape index (κ3) is 1.09. The fourth-order valence-electron chi connectivity index (χ4n) is 2.05. The smallest absolute Gasteiger partial charge is 0.0598 e. The molecule has 1 nitrogen and oxygen atoms in total. The van der Waals surface area contributed by atoms with Crippen LogP contribution in [0.25, 0.3) is 0 Å². The number of aryl methyl sites for hydroxylation is 1. The summed E-state index contributed by atoms with van der Waals surface area (Å²) in [6, 6.07) is 0. The van der Waals surface area contributed by atoms with Gasteiger partial charge in [0.05, 0.1) is 10.6 Å². The summed E-state index contributed by atoms with van der Waals surface area (Å²) >= 11 is 8.19. The molecule has 3 heteroatoms. The van der Waals surface area contributed by atoms with Gasteiger partial charge in [0.1, 0.15) is 0 Å². The Morgan fingerprint density at radius 2 is 2.08 bits per heavy atom. The van der Waals surface area contributed by atoms with Gasteiger partial charge in [0.2, 0.25) is 0 Å². The number of fused-ring (bicyclic) bond motifs is 1. The van der Waals surface area contributed by atoms with E-state index in [4.69, 9.17) is 17.3 Å². The lowest BCUT2D eigenvalue weighted by atomic mass is 10.2. The molecular formula is C10H12ClNS. The Morgan fingerprint density at radius 3 is 2.69 bits per heavy atom. The van der Waals surface area contributed by atoms with Crippen molar-refractivity contribution in [3.8, 4) is 0 Å².